The molecule has 9 nitrogen and oxygen atoms in total. The molecular weight excluding hydrogens is 358 g/mol. The van der Waals surface area contributed by atoms with Crippen LogP contribution in [0.15, 0.2) is 39.0 Å². The van der Waals surface area contributed by atoms with Crippen LogP contribution in [0.4, 0.5) is 11.6 Å². The number of aryl methyl sites for hydroxylation is 1. The third kappa shape index (κ3) is 3.83. The van der Waals surface area contributed by atoms with E-state index >= 15 is 0 Å². The Kier molecular flexibility index (Phi) is 5.34. The molecule has 2 aromatic heterocycles. The molecule has 0 aliphatic heterocycles. The molecular formula is C19H25N7O2. The van der Waals surface area contributed by atoms with Crippen molar-refractivity contribution < 1.29 is 0 Å². The van der Waals surface area contributed by atoms with Crippen LogP contribution in [-0.4, -0.2) is 39.4 Å². The smallest absolute Gasteiger partial charge is 0.329 e. The molecule has 3 aromatic rings. The van der Waals surface area contributed by atoms with Crippen LogP contribution in [0.2, 0.25) is 0 Å². The molecule has 0 aliphatic rings. The van der Waals surface area contributed by atoms with Gasteiger partial charge in [0.2, 0.25) is 5.95 Å². The van der Waals surface area contributed by atoms with E-state index in [-0.39, 0.29) is 5.92 Å². The van der Waals surface area contributed by atoms with Crippen LogP contribution in [0.3, 0.4) is 0 Å². The van der Waals surface area contributed by atoms with Gasteiger partial charge in [-0.3, -0.25) is 14.3 Å². The second-order valence-corrected chi connectivity index (χ2v) is 7.29. The van der Waals surface area contributed by atoms with E-state index in [2.05, 4.69) is 20.5 Å². The first kappa shape index (κ1) is 19.4. The van der Waals surface area contributed by atoms with Gasteiger partial charge in [0.1, 0.15) is 0 Å². The summed E-state index contributed by atoms with van der Waals surface area (Å²) >= 11 is 0. The van der Waals surface area contributed by atoms with Gasteiger partial charge in [0, 0.05) is 33.4 Å². The molecule has 2 N–H and O–H groups in total. The second kappa shape index (κ2) is 7.71. The molecule has 0 spiro atoms. The highest BCUT2D eigenvalue weighted by atomic mass is 16.2. The number of nitrogens with one attached hydrogen (secondary N) is 2. The zero-order valence-electron chi connectivity index (χ0n) is 16.7. The summed E-state index contributed by atoms with van der Waals surface area (Å²) in [5, 5.41) is 4.26. The lowest BCUT2D eigenvalue weighted by Crippen LogP contribution is -2.29. The summed E-state index contributed by atoms with van der Waals surface area (Å²) < 4.78 is 3.08. The fraction of sp³-hybridized carbons (Fsp3) is 0.368. The molecule has 0 saturated heterocycles. The van der Waals surface area contributed by atoms with Crippen molar-refractivity contribution in [3.05, 3.63) is 50.7 Å². The summed E-state index contributed by atoms with van der Waals surface area (Å²) in [5.41, 5.74) is 4.66. The number of hydrazone groups is 1. The number of benzene rings is 1. The number of aromatic nitrogens is 4. The van der Waals surface area contributed by atoms with Gasteiger partial charge in [-0.2, -0.15) is 10.1 Å². The Hall–Kier alpha value is -3.36. The van der Waals surface area contributed by atoms with Crippen molar-refractivity contribution >= 4 is 29.0 Å². The number of rotatable bonds is 6. The molecule has 1 aromatic carbocycles. The van der Waals surface area contributed by atoms with Crippen molar-refractivity contribution in [1.82, 2.24) is 19.1 Å². The maximum Gasteiger partial charge on any atom is 0.329 e. The van der Waals surface area contributed by atoms with E-state index in [0.717, 1.165) is 11.3 Å². The summed E-state index contributed by atoms with van der Waals surface area (Å²) in [4.78, 5) is 33.0. The van der Waals surface area contributed by atoms with Crippen LogP contribution in [0, 0.1) is 5.92 Å². The fourth-order valence-corrected chi connectivity index (χ4v) is 2.89. The highest BCUT2D eigenvalue weighted by Gasteiger charge is 2.17. The van der Waals surface area contributed by atoms with Crippen LogP contribution >= 0.6 is 0 Å². The molecule has 0 bridgehead atoms. The number of imidazole rings is 1. The van der Waals surface area contributed by atoms with E-state index in [1.807, 2.05) is 57.1 Å². The van der Waals surface area contributed by atoms with Crippen molar-refractivity contribution in [2.45, 2.75) is 20.4 Å². The molecule has 0 fully saturated rings. The van der Waals surface area contributed by atoms with E-state index in [1.54, 1.807) is 17.8 Å². The Bertz CT molecular complexity index is 1120. The molecule has 0 aliphatic carbocycles. The van der Waals surface area contributed by atoms with Gasteiger partial charge < -0.3 is 9.47 Å². The highest BCUT2D eigenvalue weighted by Crippen LogP contribution is 2.17. The van der Waals surface area contributed by atoms with Gasteiger partial charge >= 0.3 is 5.69 Å². The van der Waals surface area contributed by atoms with Crippen LogP contribution < -0.4 is 21.6 Å². The fourth-order valence-electron chi connectivity index (χ4n) is 2.89. The third-order valence-electron chi connectivity index (χ3n) is 4.34. The summed E-state index contributed by atoms with van der Waals surface area (Å²) in [6.45, 7) is 4.65. The minimum atomic E-state index is -0.497. The molecule has 2 heterocycles. The van der Waals surface area contributed by atoms with E-state index in [0.29, 0.717) is 23.7 Å². The summed E-state index contributed by atoms with van der Waals surface area (Å²) in [6, 6.07) is 7.94. The number of aromatic amines is 1. The Morgan fingerprint density at radius 3 is 2.54 bits per heavy atom. The Balaban J connectivity index is 1.95. The lowest BCUT2D eigenvalue weighted by atomic mass is 10.2. The van der Waals surface area contributed by atoms with Crippen molar-refractivity contribution in [3.63, 3.8) is 0 Å². The average Bonchev–Trinajstić information content (AvgIpc) is 2.98. The number of H-pyrrole nitrogens is 1. The third-order valence-corrected chi connectivity index (χ3v) is 4.34. The topological polar surface area (TPSA) is 100 Å². The summed E-state index contributed by atoms with van der Waals surface area (Å²) in [7, 11) is 5.55. The lowest BCUT2D eigenvalue weighted by molar-refractivity contribution is 0.535. The van der Waals surface area contributed by atoms with Gasteiger partial charge in [0.25, 0.3) is 5.56 Å². The van der Waals surface area contributed by atoms with Crippen LogP contribution in [0.5, 0.6) is 0 Å². The Morgan fingerprint density at radius 1 is 1.25 bits per heavy atom. The van der Waals surface area contributed by atoms with Crippen molar-refractivity contribution in [3.8, 4) is 0 Å². The van der Waals surface area contributed by atoms with Gasteiger partial charge in [-0.25, -0.2) is 10.2 Å². The van der Waals surface area contributed by atoms with Gasteiger partial charge in [-0.15, -0.1) is 0 Å². The first-order valence-electron chi connectivity index (χ1n) is 9.04. The quantitative estimate of drug-likeness (QED) is 0.497. The monoisotopic (exact) mass is 383 g/mol. The summed E-state index contributed by atoms with van der Waals surface area (Å²) in [5.74, 6) is 0.689. The molecule has 0 radical (unpaired) electrons. The molecule has 3 rings (SSSR count). The van der Waals surface area contributed by atoms with Crippen LogP contribution in [0.25, 0.3) is 11.2 Å². The predicted molar refractivity (Wildman–Crippen MR) is 112 cm³/mol. The number of nitrogens with zero attached hydrogens (tertiary/aromatic N) is 5. The van der Waals surface area contributed by atoms with Gasteiger partial charge in [-0.1, -0.05) is 26.0 Å². The molecule has 28 heavy (non-hydrogen) atoms. The van der Waals surface area contributed by atoms with E-state index in [4.69, 9.17) is 0 Å². The second-order valence-electron chi connectivity index (χ2n) is 7.29. The predicted octanol–water partition coefficient (Wildman–Crippen LogP) is 1.59. The average molecular weight is 383 g/mol. The minimum absolute atomic E-state index is 0.275. The first-order valence-corrected chi connectivity index (χ1v) is 9.04. The molecule has 9 heteroatoms. The number of fused-ring (bicyclic) bond motifs is 1. The number of hydrogen-bond donors (Lipinski definition) is 2. The van der Waals surface area contributed by atoms with Gasteiger partial charge in [-0.05, 0) is 23.6 Å². The Morgan fingerprint density at radius 2 is 1.93 bits per heavy atom. The zero-order chi connectivity index (χ0) is 20.4. The molecule has 148 valence electrons. The minimum Gasteiger partial charge on any atom is -0.378 e. The highest BCUT2D eigenvalue weighted by molar-refractivity contribution is 5.81. The Labute approximate surface area is 162 Å². The lowest BCUT2D eigenvalue weighted by Gasteiger charge is -2.11. The van der Waals surface area contributed by atoms with Crippen LogP contribution in [-0.2, 0) is 13.6 Å². The van der Waals surface area contributed by atoms with E-state index in [9.17, 15) is 9.59 Å². The largest absolute Gasteiger partial charge is 0.378 e. The van der Waals surface area contributed by atoms with Crippen molar-refractivity contribution in [2.24, 2.45) is 18.1 Å². The molecule has 0 atom stereocenters. The normalized spacial score (nSPS) is 11.6. The first-order chi connectivity index (χ1) is 13.3. The van der Waals surface area contributed by atoms with E-state index < -0.39 is 11.2 Å². The standard InChI is InChI=1S/C19H25N7O2/c1-12(2)11-26-15-16(25(5)19(28)22-17(15)27)21-18(26)23-20-10-13-6-8-14(9-7-13)24(3)4/h6-10,12H,11H2,1-5H3,(H,21,23)(H,22,27,28). The van der Waals surface area contributed by atoms with Crippen molar-refractivity contribution in [2.75, 3.05) is 24.4 Å². The zero-order valence-corrected chi connectivity index (χ0v) is 16.7. The number of anilines is 2. The van der Waals surface area contributed by atoms with Crippen LogP contribution in [0.1, 0.15) is 19.4 Å². The van der Waals surface area contributed by atoms with Gasteiger partial charge in [0.15, 0.2) is 11.2 Å². The van der Waals surface area contributed by atoms with Crippen molar-refractivity contribution in [1.29, 1.82) is 0 Å². The summed E-state index contributed by atoms with van der Waals surface area (Å²) in [6.07, 6.45) is 1.68. The maximum atomic E-state index is 12.3. The SMILES string of the molecule is CC(C)Cn1c(NN=Cc2ccc(N(C)C)cc2)nc2c1c(=O)[nH]c(=O)n2C. The molecule has 0 amide bonds. The molecule has 0 unspecified atom stereocenters. The van der Waals surface area contributed by atoms with Gasteiger partial charge in [0.05, 0.1) is 6.21 Å². The van der Waals surface area contributed by atoms with E-state index in [1.165, 1.54) is 4.57 Å². The molecule has 0 saturated carbocycles. The number of hydrogen-bond acceptors (Lipinski definition) is 6. The maximum absolute atomic E-state index is 12.3.